The van der Waals surface area contributed by atoms with Crippen molar-refractivity contribution in [3.63, 3.8) is 0 Å². The van der Waals surface area contributed by atoms with Gasteiger partial charge >= 0.3 is 11.9 Å². The fourth-order valence-corrected chi connectivity index (χ4v) is 5.46. The summed E-state index contributed by atoms with van der Waals surface area (Å²) in [6.45, 7) is 3.37. The van der Waals surface area contributed by atoms with Gasteiger partial charge in [-0.1, -0.05) is 6.07 Å². The Morgan fingerprint density at radius 3 is 2.81 bits per heavy atom. The fraction of sp³-hybridized carbons (Fsp3) is 0.450. The van der Waals surface area contributed by atoms with E-state index >= 15 is 0 Å². The SMILES string of the molecule is CC(=O)Oc1ccc2c3c1O[C@H]1C(=O)C=C[C@@]4(OC(C)=O)[C@@H](C2)NCC[C@]314. The Labute approximate surface area is 155 Å². The number of hydrogen-bond donors (Lipinski definition) is 1. The second-order valence-electron chi connectivity index (χ2n) is 7.57. The number of nitrogens with one attached hydrogen (secondary N) is 1. The molecule has 0 radical (unpaired) electrons. The molecule has 2 aliphatic heterocycles. The summed E-state index contributed by atoms with van der Waals surface area (Å²) < 4.78 is 17.4. The fourth-order valence-electron chi connectivity index (χ4n) is 5.46. The number of ether oxygens (including phenoxy) is 3. The molecule has 1 saturated heterocycles. The third-order valence-electron chi connectivity index (χ3n) is 6.21. The third kappa shape index (κ3) is 1.87. The molecule has 27 heavy (non-hydrogen) atoms. The third-order valence-corrected chi connectivity index (χ3v) is 6.21. The zero-order chi connectivity index (χ0) is 19.0. The maximum Gasteiger partial charge on any atom is 0.308 e. The maximum absolute atomic E-state index is 12.8. The Balaban J connectivity index is 1.82. The molecule has 5 rings (SSSR count). The molecular formula is C20H19NO6. The molecule has 1 N–H and O–H groups in total. The molecule has 0 amide bonds. The Hall–Kier alpha value is -2.67. The largest absolute Gasteiger partial charge is 0.477 e. The summed E-state index contributed by atoms with van der Waals surface area (Å²) in [5.74, 6) is -0.324. The normalized spacial score (nSPS) is 34.5. The topological polar surface area (TPSA) is 90.9 Å². The first-order chi connectivity index (χ1) is 12.9. The van der Waals surface area contributed by atoms with Crippen LogP contribution in [0.5, 0.6) is 11.5 Å². The Bertz CT molecular complexity index is 937. The lowest BCUT2D eigenvalue weighted by atomic mass is 9.51. The summed E-state index contributed by atoms with van der Waals surface area (Å²) in [5, 5.41) is 3.46. The van der Waals surface area contributed by atoms with Crippen molar-refractivity contribution < 1.29 is 28.6 Å². The first kappa shape index (κ1) is 16.5. The summed E-state index contributed by atoms with van der Waals surface area (Å²) >= 11 is 0. The number of esters is 2. The predicted molar refractivity (Wildman–Crippen MR) is 92.6 cm³/mol. The van der Waals surface area contributed by atoms with E-state index in [1.165, 1.54) is 19.9 Å². The van der Waals surface area contributed by atoms with Crippen molar-refractivity contribution in [1.82, 2.24) is 5.32 Å². The van der Waals surface area contributed by atoms with E-state index in [1.807, 2.05) is 6.07 Å². The highest BCUT2D eigenvalue weighted by molar-refractivity contribution is 5.99. The Morgan fingerprint density at radius 2 is 2.07 bits per heavy atom. The van der Waals surface area contributed by atoms with Crippen LogP contribution in [0.3, 0.4) is 0 Å². The highest BCUT2D eigenvalue weighted by atomic mass is 16.6. The van der Waals surface area contributed by atoms with Gasteiger partial charge in [0.05, 0.1) is 11.5 Å². The molecule has 7 nitrogen and oxygen atoms in total. The van der Waals surface area contributed by atoms with Crippen molar-refractivity contribution in [3.05, 3.63) is 35.4 Å². The van der Waals surface area contributed by atoms with Crippen LogP contribution in [-0.4, -0.2) is 42.0 Å². The van der Waals surface area contributed by atoms with Crippen molar-refractivity contribution in [2.75, 3.05) is 6.54 Å². The van der Waals surface area contributed by atoms with Gasteiger partial charge in [0.15, 0.2) is 29.0 Å². The molecule has 140 valence electrons. The van der Waals surface area contributed by atoms with Crippen LogP contribution in [0.4, 0.5) is 0 Å². The molecule has 0 unspecified atom stereocenters. The number of carbonyl (C=O) groups excluding carboxylic acids is 3. The van der Waals surface area contributed by atoms with Gasteiger partial charge in [0.2, 0.25) is 0 Å². The van der Waals surface area contributed by atoms with E-state index in [4.69, 9.17) is 14.2 Å². The van der Waals surface area contributed by atoms with Crippen LogP contribution in [-0.2, 0) is 31.0 Å². The molecule has 0 saturated carbocycles. The van der Waals surface area contributed by atoms with Crippen molar-refractivity contribution in [2.45, 2.75) is 49.9 Å². The van der Waals surface area contributed by atoms with E-state index in [9.17, 15) is 14.4 Å². The Kier molecular flexibility index (Phi) is 3.17. The zero-order valence-corrected chi connectivity index (χ0v) is 15.0. The monoisotopic (exact) mass is 369 g/mol. The standard InChI is InChI=1S/C20H19NO6/c1-10(22)25-14-4-3-12-9-15-20(27-11(2)23)6-5-13(24)18-19(20,7-8-21-15)16(12)17(14)26-18/h3-6,15,18,21H,7-9H2,1-2H3/t15-,18+,19+,20-/m1/s1. The van der Waals surface area contributed by atoms with Gasteiger partial charge in [0.25, 0.3) is 0 Å². The number of benzene rings is 1. The molecule has 2 heterocycles. The number of hydrogen-bond acceptors (Lipinski definition) is 7. The summed E-state index contributed by atoms with van der Waals surface area (Å²) in [6.07, 6.45) is 3.56. The minimum Gasteiger partial charge on any atom is -0.477 e. The molecule has 4 atom stereocenters. The van der Waals surface area contributed by atoms with Gasteiger partial charge in [0, 0.05) is 19.4 Å². The molecular weight excluding hydrogens is 350 g/mol. The van der Waals surface area contributed by atoms with Gasteiger partial charge in [-0.3, -0.25) is 14.4 Å². The number of ketones is 1. The highest BCUT2D eigenvalue weighted by Gasteiger charge is 2.73. The number of carbonyl (C=O) groups is 3. The maximum atomic E-state index is 12.8. The van der Waals surface area contributed by atoms with E-state index in [2.05, 4.69) is 5.32 Å². The zero-order valence-electron chi connectivity index (χ0n) is 15.0. The van der Waals surface area contributed by atoms with Gasteiger partial charge < -0.3 is 19.5 Å². The number of rotatable bonds is 2. The predicted octanol–water partition coefficient (Wildman–Crippen LogP) is 0.969. The van der Waals surface area contributed by atoms with Crippen LogP contribution < -0.4 is 14.8 Å². The smallest absolute Gasteiger partial charge is 0.308 e. The van der Waals surface area contributed by atoms with Crippen LogP contribution in [0.2, 0.25) is 0 Å². The van der Waals surface area contributed by atoms with Gasteiger partial charge in [0.1, 0.15) is 0 Å². The quantitative estimate of drug-likeness (QED) is 0.613. The average Bonchev–Trinajstić information content (AvgIpc) is 2.93. The van der Waals surface area contributed by atoms with Crippen molar-refractivity contribution in [2.24, 2.45) is 0 Å². The van der Waals surface area contributed by atoms with E-state index in [0.717, 1.165) is 11.1 Å². The van der Waals surface area contributed by atoms with Gasteiger partial charge in [-0.15, -0.1) is 0 Å². The second-order valence-corrected chi connectivity index (χ2v) is 7.57. The van der Waals surface area contributed by atoms with Gasteiger partial charge in [-0.25, -0.2) is 0 Å². The molecule has 2 bridgehead atoms. The molecule has 1 aromatic carbocycles. The molecule has 0 aromatic heterocycles. The molecule has 1 fully saturated rings. The van der Waals surface area contributed by atoms with Crippen molar-refractivity contribution >= 4 is 17.7 Å². The molecule has 7 heteroatoms. The first-order valence-corrected chi connectivity index (χ1v) is 9.06. The number of piperidine rings is 1. The lowest BCUT2D eigenvalue weighted by Gasteiger charge is -2.58. The lowest BCUT2D eigenvalue weighted by molar-refractivity contribution is -0.177. The van der Waals surface area contributed by atoms with Crippen LogP contribution in [0.25, 0.3) is 0 Å². The lowest BCUT2D eigenvalue weighted by Crippen LogP contribution is -2.75. The van der Waals surface area contributed by atoms with Crippen molar-refractivity contribution in [3.8, 4) is 11.5 Å². The van der Waals surface area contributed by atoms with Crippen LogP contribution >= 0.6 is 0 Å². The van der Waals surface area contributed by atoms with E-state index in [0.29, 0.717) is 30.9 Å². The first-order valence-electron chi connectivity index (χ1n) is 9.06. The highest BCUT2D eigenvalue weighted by Crippen LogP contribution is 2.63. The summed E-state index contributed by atoms with van der Waals surface area (Å²) in [5.41, 5.74) is 0.0249. The summed E-state index contributed by atoms with van der Waals surface area (Å²) in [7, 11) is 0. The van der Waals surface area contributed by atoms with Crippen molar-refractivity contribution in [1.29, 1.82) is 0 Å². The summed E-state index contributed by atoms with van der Waals surface area (Å²) in [4.78, 5) is 36.4. The minimum atomic E-state index is -1.01. The Morgan fingerprint density at radius 1 is 1.26 bits per heavy atom. The van der Waals surface area contributed by atoms with Gasteiger partial charge in [-0.2, -0.15) is 0 Å². The molecule has 2 aliphatic carbocycles. The molecule has 1 aromatic rings. The average molecular weight is 369 g/mol. The molecule has 1 spiro atoms. The molecule has 4 aliphatic rings. The van der Waals surface area contributed by atoms with Crippen LogP contribution in [0.15, 0.2) is 24.3 Å². The van der Waals surface area contributed by atoms with E-state index < -0.39 is 29.1 Å². The van der Waals surface area contributed by atoms with Gasteiger partial charge in [-0.05, 0) is 43.2 Å². The summed E-state index contributed by atoms with van der Waals surface area (Å²) in [6, 6.07) is 3.45. The minimum absolute atomic E-state index is 0.163. The van der Waals surface area contributed by atoms with Crippen LogP contribution in [0, 0.1) is 0 Å². The second kappa shape index (κ2) is 5.19. The van der Waals surface area contributed by atoms with Crippen LogP contribution in [0.1, 0.15) is 31.4 Å². The van der Waals surface area contributed by atoms with E-state index in [1.54, 1.807) is 12.1 Å². The van der Waals surface area contributed by atoms with E-state index in [-0.39, 0.29) is 11.8 Å².